The van der Waals surface area contributed by atoms with Crippen LogP contribution in [-0.4, -0.2) is 23.5 Å². The van der Waals surface area contributed by atoms with Crippen molar-refractivity contribution in [3.05, 3.63) is 28.3 Å². The number of carbonyl (C=O) groups excluding carboxylic acids is 1. The number of hydrogen-bond donors (Lipinski definition) is 1. The highest BCUT2D eigenvalue weighted by Crippen LogP contribution is 2.32. The summed E-state index contributed by atoms with van der Waals surface area (Å²) in [7, 11) is 0. The SMILES string of the molecule is CCC(=O)N(CC(C)C(=O)O)c1c(C)cc(C)cc1Cl. The third-order valence-corrected chi connectivity index (χ3v) is 3.44. The Hall–Kier alpha value is -1.55. The maximum Gasteiger partial charge on any atom is 0.308 e. The topological polar surface area (TPSA) is 57.6 Å². The van der Waals surface area contributed by atoms with Gasteiger partial charge in [0.1, 0.15) is 0 Å². The van der Waals surface area contributed by atoms with Gasteiger partial charge in [-0.3, -0.25) is 9.59 Å². The fraction of sp³-hybridized carbons (Fsp3) is 0.467. The maximum atomic E-state index is 12.1. The van der Waals surface area contributed by atoms with Gasteiger partial charge < -0.3 is 10.0 Å². The number of rotatable bonds is 5. The molecule has 4 nitrogen and oxygen atoms in total. The van der Waals surface area contributed by atoms with E-state index in [2.05, 4.69) is 0 Å². The van der Waals surface area contributed by atoms with Crippen molar-refractivity contribution in [3.63, 3.8) is 0 Å². The molecule has 1 amide bonds. The van der Waals surface area contributed by atoms with Gasteiger partial charge in [0.05, 0.1) is 16.6 Å². The van der Waals surface area contributed by atoms with Crippen molar-refractivity contribution in [2.75, 3.05) is 11.4 Å². The van der Waals surface area contributed by atoms with Gasteiger partial charge in [0.2, 0.25) is 5.91 Å². The second-order valence-corrected chi connectivity index (χ2v) is 5.42. The number of nitrogens with zero attached hydrogens (tertiary/aromatic N) is 1. The minimum Gasteiger partial charge on any atom is -0.481 e. The number of carboxylic acids is 1. The first kappa shape index (κ1) is 16.5. The molecule has 0 radical (unpaired) electrons. The zero-order valence-corrected chi connectivity index (χ0v) is 13.0. The summed E-state index contributed by atoms with van der Waals surface area (Å²) in [6.45, 7) is 7.24. The molecule has 0 saturated heterocycles. The quantitative estimate of drug-likeness (QED) is 0.906. The van der Waals surface area contributed by atoms with Crippen LogP contribution in [0.5, 0.6) is 0 Å². The Balaban J connectivity index is 3.25. The molecular weight excluding hydrogens is 278 g/mol. The molecule has 0 aromatic heterocycles. The summed E-state index contributed by atoms with van der Waals surface area (Å²) >= 11 is 6.25. The molecule has 1 unspecified atom stereocenters. The van der Waals surface area contributed by atoms with Crippen LogP contribution in [-0.2, 0) is 9.59 Å². The Morgan fingerprint density at radius 3 is 2.40 bits per heavy atom. The molecule has 0 aliphatic rings. The average molecular weight is 298 g/mol. The van der Waals surface area contributed by atoms with Crippen LogP contribution in [0.2, 0.25) is 5.02 Å². The molecule has 0 saturated carbocycles. The van der Waals surface area contributed by atoms with Gasteiger partial charge in [-0.1, -0.05) is 31.5 Å². The van der Waals surface area contributed by atoms with Crippen LogP contribution in [0.15, 0.2) is 12.1 Å². The summed E-state index contributed by atoms with van der Waals surface area (Å²) in [5.74, 6) is -1.71. The molecule has 0 heterocycles. The average Bonchev–Trinajstić information content (AvgIpc) is 2.35. The van der Waals surface area contributed by atoms with Gasteiger partial charge in [0, 0.05) is 13.0 Å². The molecule has 0 aliphatic carbocycles. The minimum absolute atomic E-state index is 0.117. The molecule has 0 bridgehead atoms. The molecule has 1 aromatic carbocycles. The summed E-state index contributed by atoms with van der Waals surface area (Å²) in [6.07, 6.45) is 0.302. The van der Waals surface area contributed by atoms with Gasteiger partial charge in [0.25, 0.3) is 0 Å². The third-order valence-electron chi connectivity index (χ3n) is 3.15. The van der Waals surface area contributed by atoms with Crippen LogP contribution in [0, 0.1) is 19.8 Å². The van der Waals surface area contributed by atoms with Crippen molar-refractivity contribution in [1.29, 1.82) is 0 Å². The van der Waals surface area contributed by atoms with Crippen LogP contribution in [0.4, 0.5) is 5.69 Å². The normalized spacial score (nSPS) is 12.1. The molecule has 1 N–H and O–H groups in total. The van der Waals surface area contributed by atoms with Crippen molar-refractivity contribution in [1.82, 2.24) is 0 Å². The summed E-state index contributed by atoms with van der Waals surface area (Å²) in [5.41, 5.74) is 2.48. The predicted molar refractivity (Wildman–Crippen MR) is 80.4 cm³/mol. The smallest absolute Gasteiger partial charge is 0.308 e. The van der Waals surface area contributed by atoms with E-state index in [-0.39, 0.29) is 12.5 Å². The number of aliphatic carboxylic acids is 1. The number of benzene rings is 1. The van der Waals surface area contributed by atoms with Crippen molar-refractivity contribution >= 4 is 29.2 Å². The monoisotopic (exact) mass is 297 g/mol. The van der Waals surface area contributed by atoms with Gasteiger partial charge in [-0.05, 0) is 31.0 Å². The van der Waals surface area contributed by atoms with E-state index in [4.69, 9.17) is 16.7 Å². The largest absolute Gasteiger partial charge is 0.481 e. The van der Waals surface area contributed by atoms with Crippen LogP contribution in [0.1, 0.15) is 31.4 Å². The lowest BCUT2D eigenvalue weighted by Gasteiger charge is -2.27. The zero-order valence-electron chi connectivity index (χ0n) is 12.2. The number of amides is 1. The van der Waals surface area contributed by atoms with E-state index in [0.717, 1.165) is 11.1 Å². The van der Waals surface area contributed by atoms with E-state index in [1.54, 1.807) is 19.9 Å². The first-order valence-electron chi connectivity index (χ1n) is 6.57. The molecule has 0 fully saturated rings. The lowest BCUT2D eigenvalue weighted by molar-refractivity contribution is -0.140. The number of aryl methyl sites for hydroxylation is 2. The lowest BCUT2D eigenvalue weighted by Crippen LogP contribution is -2.37. The summed E-state index contributed by atoms with van der Waals surface area (Å²) in [5, 5.41) is 9.52. The first-order valence-corrected chi connectivity index (χ1v) is 6.95. The van der Waals surface area contributed by atoms with Crippen molar-refractivity contribution in [3.8, 4) is 0 Å². The Morgan fingerprint density at radius 2 is 1.95 bits per heavy atom. The Kier molecular flexibility index (Phi) is 5.57. The van der Waals surface area contributed by atoms with E-state index < -0.39 is 11.9 Å². The zero-order chi connectivity index (χ0) is 15.4. The van der Waals surface area contributed by atoms with Gasteiger partial charge >= 0.3 is 5.97 Å². The second kappa shape index (κ2) is 6.75. The molecular formula is C15H20ClNO3. The molecule has 1 rings (SSSR count). The molecule has 0 spiro atoms. The van der Waals surface area contributed by atoms with E-state index in [1.165, 1.54) is 4.90 Å². The van der Waals surface area contributed by atoms with E-state index in [0.29, 0.717) is 17.1 Å². The highest BCUT2D eigenvalue weighted by atomic mass is 35.5. The Bertz CT molecular complexity index is 505. The number of anilines is 1. The van der Waals surface area contributed by atoms with Gasteiger partial charge in [-0.15, -0.1) is 0 Å². The van der Waals surface area contributed by atoms with E-state index in [1.807, 2.05) is 19.9 Å². The highest BCUT2D eigenvalue weighted by Gasteiger charge is 2.24. The Labute approximate surface area is 124 Å². The van der Waals surface area contributed by atoms with E-state index >= 15 is 0 Å². The van der Waals surface area contributed by atoms with Crippen molar-refractivity contribution in [2.45, 2.75) is 34.1 Å². The summed E-state index contributed by atoms with van der Waals surface area (Å²) < 4.78 is 0. The second-order valence-electron chi connectivity index (χ2n) is 5.01. The Morgan fingerprint density at radius 1 is 1.35 bits per heavy atom. The predicted octanol–water partition coefficient (Wildman–Crippen LogP) is 3.42. The van der Waals surface area contributed by atoms with E-state index in [9.17, 15) is 9.59 Å². The van der Waals surface area contributed by atoms with Crippen LogP contribution < -0.4 is 4.90 Å². The molecule has 1 aromatic rings. The number of hydrogen-bond acceptors (Lipinski definition) is 2. The third kappa shape index (κ3) is 3.73. The standard InChI is InChI=1S/C15H20ClNO3/c1-5-13(18)17(8-11(4)15(19)20)14-10(3)6-9(2)7-12(14)16/h6-7,11H,5,8H2,1-4H3,(H,19,20). The van der Waals surface area contributed by atoms with Crippen LogP contribution in [0.3, 0.4) is 0 Å². The van der Waals surface area contributed by atoms with Crippen molar-refractivity contribution in [2.24, 2.45) is 5.92 Å². The summed E-state index contributed by atoms with van der Waals surface area (Å²) in [4.78, 5) is 24.6. The minimum atomic E-state index is -0.931. The van der Waals surface area contributed by atoms with Crippen LogP contribution in [0.25, 0.3) is 0 Å². The molecule has 0 aliphatic heterocycles. The van der Waals surface area contributed by atoms with Crippen molar-refractivity contribution < 1.29 is 14.7 Å². The molecule has 110 valence electrons. The summed E-state index contributed by atoms with van der Waals surface area (Å²) in [6, 6.07) is 3.72. The fourth-order valence-corrected chi connectivity index (χ4v) is 2.53. The molecule has 20 heavy (non-hydrogen) atoms. The number of carboxylic acid groups (broad SMARTS) is 1. The molecule has 5 heteroatoms. The van der Waals surface area contributed by atoms with Gasteiger partial charge in [-0.25, -0.2) is 0 Å². The van der Waals surface area contributed by atoms with Gasteiger partial charge in [0.15, 0.2) is 0 Å². The number of halogens is 1. The molecule has 1 atom stereocenters. The first-order chi connectivity index (χ1) is 9.27. The lowest BCUT2D eigenvalue weighted by atomic mass is 10.1. The van der Waals surface area contributed by atoms with Crippen LogP contribution >= 0.6 is 11.6 Å². The van der Waals surface area contributed by atoms with Gasteiger partial charge in [-0.2, -0.15) is 0 Å². The fourth-order valence-electron chi connectivity index (χ4n) is 2.11. The highest BCUT2D eigenvalue weighted by molar-refractivity contribution is 6.34. The number of carbonyl (C=O) groups is 2. The maximum absolute atomic E-state index is 12.1.